The number of amides is 1. The normalized spacial score (nSPS) is 10.1. The van der Waals surface area contributed by atoms with Crippen molar-refractivity contribution >= 4 is 11.6 Å². The van der Waals surface area contributed by atoms with Gasteiger partial charge in [0.2, 0.25) is 0 Å². The molecule has 82 valence electrons. The van der Waals surface area contributed by atoms with Crippen LogP contribution < -0.4 is 5.32 Å². The zero-order chi connectivity index (χ0) is 11.5. The zero-order valence-electron chi connectivity index (χ0n) is 9.14. The van der Waals surface area contributed by atoms with Crippen molar-refractivity contribution in [2.75, 3.05) is 5.32 Å². The minimum Gasteiger partial charge on any atom is -0.330 e. The molecule has 0 radical (unpaired) electrons. The average molecular weight is 216 g/mol. The molecule has 1 amide bonds. The van der Waals surface area contributed by atoms with Gasteiger partial charge >= 0.3 is 0 Å². The van der Waals surface area contributed by atoms with Crippen molar-refractivity contribution in [1.29, 1.82) is 0 Å². The lowest BCUT2D eigenvalue weighted by molar-refractivity contribution is 0.101. The predicted octanol–water partition coefficient (Wildman–Crippen LogP) is 1.38. The molecule has 1 N–H and O–H groups in total. The van der Waals surface area contributed by atoms with E-state index in [2.05, 4.69) is 15.3 Å². The number of aryl methyl sites for hydroxylation is 2. The van der Waals surface area contributed by atoms with Gasteiger partial charge in [0.15, 0.2) is 5.82 Å². The summed E-state index contributed by atoms with van der Waals surface area (Å²) >= 11 is 0. The largest absolute Gasteiger partial charge is 0.330 e. The van der Waals surface area contributed by atoms with E-state index in [1.807, 2.05) is 6.92 Å². The van der Waals surface area contributed by atoms with Gasteiger partial charge in [0.25, 0.3) is 5.91 Å². The minimum atomic E-state index is -0.233. The lowest BCUT2D eigenvalue weighted by Crippen LogP contribution is -2.16. The van der Waals surface area contributed by atoms with Crippen molar-refractivity contribution in [2.45, 2.75) is 6.92 Å². The molecule has 2 aromatic heterocycles. The first kappa shape index (κ1) is 10.4. The summed E-state index contributed by atoms with van der Waals surface area (Å²) in [6.45, 7) is 1.85. The average Bonchev–Trinajstić information content (AvgIpc) is 2.59. The molecule has 0 fully saturated rings. The Morgan fingerprint density at radius 1 is 1.50 bits per heavy atom. The molecule has 0 atom stereocenters. The first-order valence-electron chi connectivity index (χ1n) is 4.88. The summed E-state index contributed by atoms with van der Waals surface area (Å²) in [6.07, 6.45) is 5.05. The number of rotatable bonds is 2. The van der Waals surface area contributed by atoms with Crippen molar-refractivity contribution in [3.63, 3.8) is 0 Å². The highest BCUT2D eigenvalue weighted by Gasteiger charge is 2.12. The number of nitrogens with zero attached hydrogens (tertiary/aromatic N) is 3. The Morgan fingerprint density at radius 3 is 2.88 bits per heavy atom. The number of aromatic nitrogens is 3. The van der Waals surface area contributed by atoms with E-state index in [1.165, 1.54) is 0 Å². The summed E-state index contributed by atoms with van der Waals surface area (Å²) in [4.78, 5) is 19.9. The maximum atomic E-state index is 11.8. The van der Waals surface area contributed by atoms with E-state index in [9.17, 15) is 4.79 Å². The monoisotopic (exact) mass is 216 g/mol. The van der Waals surface area contributed by atoms with Gasteiger partial charge in [-0.15, -0.1) is 0 Å². The SMILES string of the molecule is Cc1cn(C)c(C(=O)Nc2cccnc2)n1. The number of imidazole rings is 1. The van der Waals surface area contributed by atoms with Gasteiger partial charge in [-0.2, -0.15) is 0 Å². The van der Waals surface area contributed by atoms with Crippen LogP contribution in [0.15, 0.2) is 30.7 Å². The smallest absolute Gasteiger partial charge is 0.291 e. The fraction of sp³-hybridized carbons (Fsp3) is 0.182. The van der Waals surface area contributed by atoms with Gasteiger partial charge in [0, 0.05) is 19.4 Å². The quantitative estimate of drug-likeness (QED) is 0.824. The van der Waals surface area contributed by atoms with Gasteiger partial charge in [-0.25, -0.2) is 4.98 Å². The third kappa shape index (κ3) is 2.08. The van der Waals surface area contributed by atoms with Crippen molar-refractivity contribution in [1.82, 2.24) is 14.5 Å². The molecular weight excluding hydrogens is 204 g/mol. The second kappa shape index (κ2) is 4.14. The standard InChI is InChI=1S/C11H12N4O/c1-8-7-15(2)10(13-8)11(16)14-9-4-3-5-12-6-9/h3-7H,1-2H3,(H,14,16). The molecule has 0 bridgehead atoms. The fourth-order valence-electron chi connectivity index (χ4n) is 1.45. The summed E-state index contributed by atoms with van der Waals surface area (Å²) in [6, 6.07) is 3.54. The number of carbonyl (C=O) groups excluding carboxylic acids is 1. The third-order valence-corrected chi connectivity index (χ3v) is 2.12. The van der Waals surface area contributed by atoms with Crippen LogP contribution in [0.2, 0.25) is 0 Å². The first-order valence-corrected chi connectivity index (χ1v) is 4.88. The summed E-state index contributed by atoms with van der Waals surface area (Å²) in [5.74, 6) is 0.157. The van der Waals surface area contributed by atoms with Crippen molar-refractivity contribution in [3.05, 3.63) is 42.2 Å². The van der Waals surface area contributed by atoms with Crippen LogP contribution in [0.4, 0.5) is 5.69 Å². The molecule has 16 heavy (non-hydrogen) atoms. The van der Waals surface area contributed by atoms with E-state index in [0.717, 1.165) is 5.69 Å². The van der Waals surface area contributed by atoms with Gasteiger partial charge in [-0.3, -0.25) is 9.78 Å². The molecule has 0 unspecified atom stereocenters. The lowest BCUT2D eigenvalue weighted by atomic mass is 10.4. The molecule has 2 heterocycles. The number of nitrogens with one attached hydrogen (secondary N) is 1. The van der Waals surface area contributed by atoms with Crippen molar-refractivity contribution in [2.24, 2.45) is 7.05 Å². The van der Waals surface area contributed by atoms with Gasteiger partial charge in [-0.05, 0) is 19.1 Å². The van der Waals surface area contributed by atoms with Crippen molar-refractivity contribution in [3.8, 4) is 0 Å². The van der Waals surface area contributed by atoms with E-state index >= 15 is 0 Å². The number of anilines is 1. The highest BCUT2D eigenvalue weighted by atomic mass is 16.2. The highest BCUT2D eigenvalue weighted by Crippen LogP contribution is 2.06. The predicted molar refractivity (Wildman–Crippen MR) is 60.1 cm³/mol. The van der Waals surface area contributed by atoms with E-state index in [4.69, 9.17) is 0 Å². The molecule has 0 saturated carbocycles. The first-order chi connectivity index (χ1) is 7.66. The summed E-state index contributed by atoms with van der Waals surface area (Å²) < 4.78 is 1.70. The second-order valence-electron chi connectivity index (χ2n) is 3.51. The zero-order valence-corrected chi connectivity index (χ0v) is 9.14. The second-order valence-corrected chi connectivity index (χ2v) is 3.51. The van der Waals surface area contributed by atoms with Crippen LogP contribution in [-0.2, 0) is 7.05 Å². The molecule has 5 heteroatoms. The molecule has 0 aliphatic heterocycles. The van der Waals surface area contributed by atoms with Crippen LogP contribution >= 0.6 is 0 Å². The van der Waals surface area contributed by atoms with Gasteiger partial charge in [-0.1, -0.05) is 0 Å². The van der Waals surface area contributed by atoms with Crippen molar-refractivity contribution < 1.29 is 4.79 Å². The maximum Gasteiger partial charge on any atom is 0.291 e. The van der Waals surface area contributed by atoms with Crippen LogP contribution in [0.5, 0.6) is 0 Å². The molecule has 2 rings (SSSR count). The summed E-state index contributed by atoms with van der Waals surface area (Å²) in [7, 11) is 1.79. The Labute approximate surface area is 93.2 Å². The summed E-state index contributed by atoms with van der Waals surface area (Å²) in [5.41, 5.74) is 1.48. The molecular formula is C11H12N4O. The van der Waals surface area contributed by atoms with E-state index in [1.54, 1.807) is 42.3 Å². The highest BCUT2D eigenvalue weighted by molar-refractivity contribution is 6.01. The maximum absolute atomic E-state index is 11.8. The Kier molecular flexibility index (Phi) is 2.68. The Balaban J connectivity index is 2.18. The fourth-order valence-corrected chi connectivity index (χ4v) is 1.45. The van der Waals surface area contributed by atoms with Gasteiger partial charge < -0.3 is 9.88 Å². The molecule has 5 nitrogen and oxygen atoms in total. The number of hydrogen-bond acceptors (Lipinski definition) is 3. The van der Waals surface area contributed by atoms with E-state index < -0.39 is 0 Å². The van der Waals surface area contributed by atoms with Crippen LogP contribution in [0.25, 0.3) is 0 Å². The molecule has 0 saturated heterocycles. The molecule has 0 aliphatic carbocycles. The molecule has 0 aliphatic rings. The molecule has 2 aromatic rings. The third-order valence-electron chi connectivity index (χ3n) is 2.12. The topological polar surface area (TPSA) is 59.8 Å². The summed E-state index contributed by atoms with van der Waals surface area (Å²) in [5, 5.41) is 2.73. The Morgan fingerprint density at radius 2 is 2.31 bits per heavy atom. The number of hydrogen-bond donors (Lipinski definition) is 1. The van der Waals surface area contributed by atoms with Crippen LogP contribution in [0.3, 0.4) is 0 Å². The lowest BCUT2D eigenvalue weighted by Gasteiger charge is -2.03. The van der Waals surface area contributed by atoms with Crippen LogP contribution in [-0.4, -0.2) is 20.4 Å². The van der Waals surface area contributed by atoms with Gasteiger partial charge in [0.05, 0.1) is 17.6 Å². The number of carbonyl (C=O) groups is 1. The Bertz CT molecular complexity index is 504. The van der Waals surface area contributed by atoms with Crippen LogP contribution in [0, 0.1) is 6.92 Å². The molecule has 0 aromatic carbocycles. The Hall–Kier alpha value is -2.17. The van der Waals surface area contributed by atoms with Crippen LogP contribution in [0.1, 0.15) is 16.3 Å². The molecule has 0 spiro atoms. The minimum absolute atomic E-state index is 0.233. The van der Waals surface area contributed by atoms with E-state index in [-0.39, 0.29) is 5.91 Å². The van der Waals surface area contributed by atoms with Gasteiger partial charge in [0.1, 0.15) is 0 Å². The van der Waals surface area contributed by atoms with E-state index in [0.29, 0.717) is 11.5 Å². The number of pyridine rings is 1.